The van der Waals surface area contributed by atoms with Gasteiger partial charge in [0.15, 0.2) is 6.10 Å². The number of primary amides is 1. The molecule has 23 heavy (non-hydrogen) atoms. The van der Waals surface area contributed by atoms with Gasteiger partial charge in [0.25, 0.3) is 11.8 Å². The summed E-state index contributed by atoms with van der Waals surface area (Å²) < 4.78 is 5.77. The predicted molar refractivity (Wildman–Crippen MR) is 89.4 cm³/mol. The molecule has 1 aliphatic carbocycles. The van der Waals surface area contributed by atoms with Gasteiger partial charge in [0.1, 0.15) is 5.75 Å². The van der Waals surface area contributed by atoms with Crippen LogP contribution in [0.25, 0.3) is 0 Å². The molecule has 1 aliphatic rings. The number of carbonyl (C=O) groups excluding carboxylic acids is 2. The van der Waals surface area contributed by atoms with Crippen molar-refractivity contribution in [2.24, 2.45) is 5.73 Å². The zero-order valence-corrected chi connectivity index (χ0v) is 14.2. The standard InChI is InChI=1S/C18H26N2O3/c1-12-9-10-15(17(19)21)16(11-12)23-13(2)18(22)20(3)14-7-5-4-6-8-14/h9-11,13-14H,4-8H2,1-3H3,(H2,19,21). The highest BCUT2D eigenvalue weighted by Crippen LogP contribution is 2.24. The minimum Gasteiger partial charge on any atom is -0.480 e. The van der Waals surface area contributed by atoms with Crippen LogP contribution in [-0.4, -0.2) is 35.9 Å². The van der Waals surface area contributed by atoms with Crippen LogP contribution in [0.15, 0.2) is 18.2 Å². The van der Waals surface area contributed by atoms with Gasteiger partial charge in [-0.15, -0.1) is 0 Å². The Balaban J connectivity index is 2.08. The minimum atomic E-state index is -0.651. The van der Waals surface area contributed by atoms with Gasteiger partial charge in [-0.1, -0.05) is 25.3 Å². The third kappa shape index (κ3) is 4.24. The summed E-state index contributed by atoms with van der Waals surface area (Å²) in [6.45, 7) is 3.62. The number of hydrogen-bond acceptors (Lipinski definition) is 3. The molecule has 0 spiro atoms. The van der Waals surface area contributed by atoms with Crippen LogP contribution in [0.5, 0.6) is 5.75 Å². The third-order valence-electron chi connectivity index (χ3n) is 4.52. The fourth-order valence-electron chi connectivity index (χ4n) is 3.11. The van der Waals surface area contributed by atoms with Gasteiger partial charge >= 0.3 is 0 Å². The number of nitrogens with two attached hydrogens (primary N) is 1. The molecular weight excluding hydrogens is 292 g/mol. The van der Waals surface area contributed by atoms with E-state index in [4.69, 9.17) is 10.5 Å². The predicted octanol–water partition coefficient (Wildman–Crippen LogP) is 2.65. The Bertz CT molecular complexity index is 580. The first kappa shape index (κ1) is 17.3. The van der Waals surface area contributed by atoms with Gasteiger partial charge < -0.3 is 15.4 Å². The topological polar surface area (TPSA) is 72.6 Å². The van der Waals surface area contributed by atoms with E-state index in [0.717, 1.165) is 18.4 Å². The Hall–Kier alpha value is -2.04. The summed E-state index contributed by atoms with van der Waals surface area (Å²) in [4.78, 5) is 25.9. The lowest BCUT2D eigenvalue weighted by Gasteiger charge is -2.33. The quantitative estimate of drug-likeness (QED) is 0.907. The lowest BCUT2D eigenvalue weighted by Crippen LogP contribution is -2.44. The summed E-state index contributed by atoms with van der Waals surface area (Å²) in [6.07, 6.45) is 5.03. The number of rotatable bonds is 5. The van der Waals surface area contributed by atoms with Gasteiger partial charge in [-0.2, -0.15) is 0 Å². The van der Waals surface area contributed by atoms with E-state index in [1.807, 2.05) is 14.0 Å². The first-order valence-corrected chi connectivity index (χ1v) is 8.24. The number of likely N-dealkylation sites (N-methyl/N-ethyl adjacent to an activating group) is 1. The van der Waals surface area contributed by atoms with Crippen molar-refractivity contribution in [2.75, 3.05) is 7.05 Å². The first-order valence-electron chi connectivity index (χ1n) is 8.24. The van der Waals surface area contributed by atoms with Crippen molar-refractivity contribution in [1.29, 1.82) is 0 Å². The van der Waals surface area contributed by atoms with Crippen molar-refractivity contribution in [1.82, 2.24) is 4.90 Å². The monoisotopic (exact) mass is 318 g/mol. The van der Waals surface area contributed by atoms with Gasteiger partial charge in [-0.25, -0.2) is 0 Å². The molecule has 0 radical (unpaired) electrons. The molecule has 0 bridgehead atoms. The number of nitrogens with zero attached hydrogens (tertiary/aromatic N) is 1. The van der Waals surface area contributed by atoms with Gasteiger partial charge in [-0.05, 0) is 44.4 Å². The molecule has 0 aromatic heterocycles. The van der Waals surface area contributed by atoms with Crippen LogP contribution in [0.3, 0.4) is 0 Å². The molecule has 1 aromatic rings. The largest absolute Gasteiger partial charge is 0.480 e. The lowest BCUT2D eigenvalue weighted by molar-refractivity contribution is -0.139. The van der Waals surface area contributed by atoms with Gasteiger partial charge in [0.05, 0.1) is 5.56 Å². The normalized spacial score (nSPS) is 16.7. The molecule has 1 fully saturated rings. The second-order valence-electron chi connectivity index (χ2n) is 6.36. The average molecular weight is 318 g/mol. The van der Waals surface area contributed by atoms with Crippen molar-refractivity contribution in [3.05, 3.63) is 29.3 Å². The van der Waals surface area contributed by atoms with Crippen LogP contribution in [0, 0.1) is 6.92 Å². The molecule has 1 atom stereocenters. The molecule has 5 heteroatoms. The summed E-state index contributed by atoms with van der Waals surface area (Å²) >= 11 is 0. The third-order valence-corrected chi connectivity index (χ3v) is 4.52. The molecule has 2 N–H and O–H groups in total. The van der Waals surface area contributed by atoms with Crippen LogP contribution in [-0.2, 0) is 4.79 Å². The van der Waals surface area contributed by atoms with Crippen LogP contribution >= 0.6 is 0 Å². The molecule has 1 aromatic carbocycles. The summed E-state index contributed by atoms with van der Waals surface area (Å²) in [5, 5.41) is 0. The van der Waals surface area contributed by atoms with Crippen molar-refractivity contribution in [2.45, 2.75) is 58.1 Å². The average Bonchev–Trinajstić information content (AvgIpc) is 2.54. The molecule has 1 saturated carbocycles. The molecule has 2 rings (SSSR count). The zero-order chi connectivity index (χ0) is 17.0. The van der Waals surface area contributed by atoms with E-state index in [2.05, 4.69) is 0 Å². The van der Waals surface area contributed by atoms with E-state index in [-0.39, 0.29) is 11.9 Å². The van der Waals surface area contributed by atoms with E-state index in [9.17, 15) is 9.59 Å². The van der Waals surface area contributed by atoms with Crippen molar-refractivity contribution >= 4 is 11.8 Å². The lowest BCUT2D eigenvalue weighted by atomic mass is 9.94. The molecular formula is C18H26N2O3. The van der Waals surface area contributed by atoms with Crippen LogP contribution in [0.4, 0.5) is 0 Å². The Morgan fingerprint density at radius 2 is 1.91 bits per heavy atom. The first-order chi connectivity index (χ1) is 10.9. The van der Waals surface area contributed by atoms with Crippen LogP contribution in [0.1, 0.15) is 54.9 Å². The molecule has 2 amide bonds. The fraction of sp³-hybridized carbons (Fsp3) is 0.556. The number of amides is 2. The Kier molecular flexibility index (Phi) is 5.64. The van der Waals surface area contributed by atoms with E-state index in [1.54, 1.807) is 30.0 Å². The number of hydrogen-bond donors (Lipinski definition) is 1. The highest BCUT2D eigenvalue weighted by molar-refractivity contribution is 5.96. The maximum atomic E-state index is 12.6. The van der Waals surface area contributed by atoms with Gasteiger partial charge in [0.2, 0.25) is 0 Å². The number of carbonyl (C=O) groups is 2. The summed E-state index contributed by atoms with van der Waals surface area (Å²) in [7, 11) is 1.84. The van der Waals surface area contributed by atoms with E-state index in [0.29, 0.717) is 11.3 Å². The summed E-state index contributed by atoms with van der Waals surface area (Å²) in [5.41, 5.74) is 6.63. The smallest absolute Gasteiger partial charge is 0.263 e. The number of ether oxygens (including phenoxy) is 1. The fourth-order valence-corrected chi connectivity index (χ4v) is 3.11. The highest BCUT2D eigenvalue weighted by Gasteiger charge is 2.27. The second kappa shape index (κ2) is 7.49. The molecule has 5 nitrogen and oxygen atoms in total. The summed E-state index contributed by atoms with van der Waals surface area (Å²) in [5.74, 6) is -0.246. The second-order valence-corrected chi connectivity index (χ2v) is 6.36. The van der Waals surface area contributed by atoms with Crippen molar-refractivity contribution in [3.63, 3.8) is 0 Å². The SMILES string of the molecule is Cc1ccc(C(N)=O)c(OC(C)C(=O)N(C)C2CCCCC2)c1. The minimum absolute atomic E-state index is 0.0613. The molecule has 0 aliphatic heterocycles. The summed E-state index contributed by atoms with van der Waals surface area (Å²) in [6, 6.07) is 5.46. The Morgan fingerprint density at radius 1 is 1.26 bits per heavy atom. The van der Waals surface area contributed by atoms with Crippen molar-refractivity contribution < 1.29 is 14.3 Å². The van der Waals surface area contributed by atoms with Gasteiger partial charge in [-0.3, -0.25) is 9.59 Å². The maximum Gasteiger partial charge on any atom is 0.263 e. The Labute approximate surface area is 137 Å². The molecule has 0 saturated heterocycles. The molecule has 0 heterocycles. The molecule has 1 unspecified atom stereocenters. The number of aryl methyl sites for hydroxylation is 1. The van der Waals surface area contributed by atoms with Crippen LogP contribution < -0.4 is 10.5 Å². The molecule has 126 valence electrons. The number of benzene rings is 1. The maximum absolute atomic E-state index is 12.6. The van der Waals surface area contributed by atoms with Gasteiger partial charge in [0, 0.05) is 13.1 Å². The van der Waals surface area contributed by atoms with E-state index < -0.39 is 12.0 Å². The van der Waals surface area contributed by atoms with Crippen molar-refractivity contribution in [3.8, 4) is 5.75 Å². The zero-order valence-electron chi connectivity index (χ0n) is 14.2. The van der Waals surface area contributed by atoms with E-state index in [1.165, 1.54) is 19.3 Å². The Morgan fingerprint density at radius 3 is 2.52 bits per heavy atom. The van der Waals surface area contributed by atoms with Crippen LogP contribution in [0.2, 0.25) is 0 Å². The van der Waals surface area contributed by atoms with E-state index >= 15 is 0 Å². The highest BCUT2D eigenvalue weighted by atomic mass is 16.5.